The zero-order chi connectivity index (χ0) is 35.1. The minimum atomic E-state index is -0.413. The van der Waals surface area contributed by atoms with Crippen LogP contribution in [0.3, 0.4) is 0 Å². The first-order valence-electron chi connectivity index (χ1n) is 18.1. The maximum absolute atomic E-state index is 12.9. The Morgan fingerprint density at radius 2 is 1.26 bits per heavy atom. The zero-order valence-electron chi connectivity index (χ0n) is 29.6. The second kappa shape index (κ2) is 18.9. The normalized spacial score (nSPS) is 16.6. The summed E-state index contributed by atoms with van der Waals surface area (Å²) in [7, 11) is 0. The van der Waals surface area contributed by atoms with E-state index in [2.05, 4.69) is 59.1 Å². The molecule has 50 heavy (non-hydrogen) atoms. The number of ether oxygens (including phenoxy) is 2. The number of rotatable bonds is 13. The lowest BCUT2D eigenvalue weighted by Gasteiger charge is -2.35. The van der Waals surface area contributed by atoms with Crippen molar-refractivity contribution >= 4 is 29.1 Å². The smallest absolute Gasteiger partial charge is 0.411 e. The van der Waals surface area contributed by atoms with Gasteiger partial charge < -0.3 is 9.47 Å². The molecule has 0 atom stereocenters. The summed E-state index contributed by atoms with van der Waals surface area (Å²) >= 11 is 0. The van der Waals surface area contributed by atoms with E-state index in [1.807, 2.05) is 78.9 Å². The van der Waals surface area contributed by atoms with Crippen molar-refractivity contribution in [2.45, 2.75) is 64.6 Å². The highest BCUT2D eigenvalue weighted by Crippen LogP contribution is 2.29. The summed E-state index contributed by atoms with van der Waals surface area (Å²) < 4.78 is 11.7. The number of nitrogens with zero attached hydrogens (tertiary/aromatic N) is 2. The first-order valence-corrected chi connectivity index (χ1v) is 18.1. The third-order valence-corrected chi connectivity index (χ3v) is 9.32. The van der Waals surface area contributed by atoms with Gasteiger partial charge in [0, 0.05) is 50.4 Å². The van der Waals surface area contributed by atoms with Crippen LogP contribution in [0, 0.1) is 0 Å². The highest BCUT2D eigenvalue weighted by molar-refractivity contribution is 5.92. The minimum Gasteiger partial charge on any atom is -0.446 e. The van der Waals surface area contributed by atoms with Crippen molar-refractivity contribution in [1.29, 1.82) is 0 Å². The number of nitrogens with one attached hydrogen (secondary N) is 2. The van der Waals surface area contributed by atoms with Gasteiger partial charge in [-0.25, -0.2) is 9.59 Å². The fourth-order valence-corrected chi connectivity index (χ4v) is 6.69. The van der Waals surface area contributed by atoms with Gasteiger partial charge in [-0.1, -0.05) is 105 Å². The van der Waals surface area contributed by atoms with Gasteiger partial charge in [-0.3, -0.25) is 20.4 Å². The summed E-state index contributed by atoms with van der Waals surface area (Å²) in [6.07, 6.45) is 10.3. The molecule has 2 amide bonds. The molecule has 2 N–H and O–H groups in total. The quantitative estimate of drug-likeness (QED) is 0.139. The average Bonchev–Trinajstić information content (AvgIpc) is 3.13. The lowest BCUT2D eigenvalue weighted by Crippen LogP contribution is -2.42. The van der Waals surface area contributed by atoms with E-state index >= 15 is 0 Å². The van der Waals surface area contributed by atoms with Crippen LogP contribution in [-0.4, -0.2) is 73.5 Å². The molecule has 0 spiro atoms. The third-order valence-electron chi connectivity index (χ3n) is 9.32. The van der Waals surface area contributed by atoms with Crippen LogP contribution in [0.5, 0.6) is 0 Å². The molecule has 3 aromatic rings. The SMILES string of the molecule is C=C(CN1CCC(OC(=O)Nc2ccccc2/C(=C/C=C\CC)CC)CC1)CN1CCC(OC(=O)Nc2ccccc2-c2ccccc2)CC1. The standard InChI is InChI=1S/C42H52N4O4/c1-4-6-8-15-33(5-2)37-18-11-13-20-39(37)43-41(47)49-35-22-26-45(27-23-35)30-32(3)31-46-28-24-36(25-29-46)50-42(48)44-40-21-14-12-19-38(40)34-16-9-7-10-17-34/h6-21,35-36H,3-5,22-31H2,1-2H3,(H,43,47)(H,44,48)/b8-6-,33-15+. The molecule has 5 rings (SSSR count). The zero-order valence-corrected chi connectivity index (χ0v) is 29.6. The van der Waals surface area contributed by atoms with Gasteiger partial charge >= 0.3 is 12.2 Å². The van der Waals surface area contributed by atoms with Crippen LogP contribution < -0.4 is 10.6 Å². The summed E-state index contributed by atoms with van der Waals surface area (Å²) in [6.45, 7) is 13.7. The van der Waals surface area contributed by atoms with E-state index < -0.39 is 12.2 Å². The van der Waals surface area contributed by atoms with E-state index in [4.69, 9.17) is 9.47 Å². The van der Waals surface area contributed by atoms with Crippen LogP contribution in [0.4, 0.5) is 21.0 Å². The van der Waals surface area contributed by atoms with Gasteiger partial charge in [0.25, 0.3) is 0 Å². The van der Waals surface area contributed by atoms with Crippen LogP contribution in [-0.2, 0) is 9.47 Å². The summed E-state index contributed by atoms with van der Waals surface area (Å²) in [5.74, 6) is 0. The topological polar surface area (TPSA) is 83.1 Å². The summed E-state index contributed by atoms with van der Waals surface area (Å²) in [5.41, 5.74) is 6.88. The molecule has 264 valence electrons. The van der Waals surface area contributed by atoms with Crippen LogP contribution in [0.15, 0.2) is 109 Å². The molecule has 0 bridgehead atoms. The molecule has 2 heterocycles. The molecule has 2 aliphatic rings. The van der Waals surface area contributed by atoms with Gasteiger partial charge in [0.15, 0.2) is 0 Å². The lowest BCUT2D eigenvalue weighted by molar-refractivity contribution is 0.0570. The third kappa shape index (κ3) is 10.9. The van der Waals surface area contributed by atoms with Crippen molar-refractivity contribution in [2.24, 2.45) is 0 Å². The molecule has 3 aromatic carbocycles. The molecule has 0 aliphatic carbocycles. The number of likely N-dealkylation sites (tertiary alicyclic amines) is 2. The highest BCUT2D eigenvalue weighted by atomic mass is 16.6. The van der Waals surface area contributed by atoms with Crippen molar-refractivity contribution in [1.82, 2.24) is 9.80 Å². The van der Waals surface area contributed by atoms with E-state index in [1.165, 1.54) is 11.1 Å². The average molecular weight is 677 g/mol. The molecule has 2 aliphatic heterocycles. The molecule has 8 heteroatoms. The number of hydrogen-bond donors (Lipinski definition) is 2. The Balaban J connectivity index is 0.992. The van der Waals surface area contributed by atoms with E-state index in [1.54, 1.807) is 0 Å². The second-order valence-electron chi connectivity index (χ2n) is 13.1. The Morgan fingerprint density at radius 1 is 0.740 bits per heavy atom. The maximum atomic E-state index is 12.9. The predicted octanol–water partition coefficient (Wildman–Crippen LogP) is 9.40. The molecule has 0 saturated carbocycles. The largest absolute Gasteiger partial charge is 0.446 e. The van der Waals surface area contributed by atoms with Crippen LogP contribution in [0.25, 0.3) is 16.7 Å². The molecule has 2 fully saturated rings. The number of para-hydroxylation sites is 2. The highest BCUT2D eigenvalue weighted by Gasteiger charge is 2.26. The molecule has 0 radical (unpaired) electrons. The van der Waals surface area contributed by atoms with E-state index in [0.717, 1.165) is 106 Å². The van der Waals surface area contributed by atoms with Crippen LogP contribution in [0.1, 0.15) is 57.9 Å². The fraction of sp³-hybridized carbons (Fsp3) is 0.381. The maximum Gasteiger partial charge on any atom is 0.411 e. The van der Waals surface area contributed by atoms with Crippen molar-refractivity contribution in [3.63, 3.8) is 0 Å². The Kier molecular flexibility index (Phi) is 13.9. The Hall–Kier alpha value is -4.66. The van der Waals surface area contributed by atoms with Crippen molar-refractivity contribution in [3.05, 3.63) is 115 Å². The molecular formula is C42H52N4O4. The summed E-state index contributed by atoms with van der Waals surface area (Å²) in [6, 6.07) is 25.7. The molecule has 0 aromatic heterocycles. The van der Waals surface area contributed by atoms with Gasteiger partial charge in [0.1, 0.15) is 12.2 Å². The first kappa shape index (κ1) is 36.6. The number of amides is 2. The van der Waals surface area contributed by atoms with Gasteiger partial charge in [-0.15, -0.1) is 0 Å². The van der Waals surface area contributed by atoms with Crippen LogP contribution >= 0.6 is 0 Å². The number of piperidine rings is 2. The Morgan fingerprint density at radius 3 is 1.84 bits per heavy atom. The predicted molar refractivity (Wildman–Crippen MR) is 204 cm³/mol. The number of carbonyl (C=O) groups is 2. The van der Waals surface area contributed by atoms with Crippen molar-refractivity contribution in [3.8, 4) is 11.1 Å². The second-order valence-corrected chi connectivity index (χ2v) is 13.1. The number of anilines is 2. The van der Waals surface area contributed by atoms with Crippen molar-refractivity contribution < 1.29 is 19.1 Å². The summed E-state index contributed by atoms with van der Waals surface area (Å²) in [4.78, 5) is 30.5. The molecular weight excluding hydrogens is 624 g/mol. The number of carbonyl (C=O) groups excluding carboxylic acids is 2. The molecule has 0 unspecified atom stereocenters. The van der Waals surface area contributed by atoms with Crippen LogP contribution in [0.2, 0.25) is 0 Å². The van der Waals surface area contributed by atoms with Gasteiger partial charge in [-0.05, 0) is 67.4 Å². The van der Waals surface area contributed by atoms with E-state index in [9.17, 15) is 9.59 Å². The van der Waals surface area contributed by atoms with E-state index in [0.29, 0.717) is 0 Å². The van der Waals surface area contributed by atoms with Gasteiger partial charge in [-0.2, -0.15) is 0 Å². The van der Waals surface area contributed by atoms with E-state index in [-0.39, 0.29) is 12.2 Å². The van der Waals surface area contributed by atoms with Crippen molar-refractivity contribution in [2.75, 3.05) is 49.9 Å². The lowest BCUT2D eigenvalue weighted by atomic mass is 10.0. The summed E-state index contributed by atoms with van der Waals surface area (Å²) in [5, 5.41) is 5.95. The monoisotopic (exact) mass is 676 g/mol. The number of hydrogen-bond acceptors (Lipinski definition) is 6. The minimum absolute atomic E-state index is 0.108. The molecule has 8 nitrogen and oxygen atoms in total. The number of allylic oxidation sites excluding steroid dienone is 4. The number of benzene rings is 3. The fourth-order valence-electron chi connectivity index (χ4n) is 6.69. The van der Waals surface area contributed by atoms with Gasteiger partial charge in [0.05, 0.1) is 11.4 Å². The molecule has 2 saturated heterocycles. The first-order chi connectivity index (χ1) is 24.4. The Bertz CT molecular complexity index is 1620. The van der Waals surface area contributed by atoms with Gasteiger partial charge in [0.2, 0.25) is 0 Å². The Labute approximate surface area is 297 Å².